The van der Waals surface area contributed by atoms with E-state index in [4.69, 9.17) is 0 Å². The number of benzene rings is 17. The molecular formula is C99H62N3O3-3. The van der Waals surface area contributed by atoms with E-state index in [9.17, 15) is 15.3 Å². The lowest BCUT2D eigenvalue weighted by Crippen LogP contribution is -1.95. The number of hydrogen-bond donors (Lipinski definition) is 0. The molecule has 6 nitrogen and oxygen atoms in total. The van der Waals surface area contributed by atoms with Crippen LogP contribution in [0.5, 0.6) is 17.2 Å². The van der Waals surface area contributed by atoms with Crippen LogP contribution in [-0.4, -0.2) is 15.0 Å². The summed E-state index contributed by atoms with van der Waals surface area (Å²) in [5, 5.41) is 54.5. The van der Waals surface area contributed by atoms with Crippen molar-refractivity contribution in [1.29, 1.82) is 0 Å². The third-order valence-corrected chi connectivity index (χ3v) is 20.4. The average molecular weight is 1340 g/mol. The third kappa shape index (κ3) is 11.3. The second-order valence-electron chi connectivity index (χ2n) is 26.3. The quantitative estimate of drug-likeness (QED) is 0.140. The Morgan fingerprint density at radius 1 is 0.152 bits per heavy atom. The third-order valence-electron chi connectivity index (χ3n) is 20.4. The van der Waals surface area contributed by atoms with Gasteiger partial charge in [-0.1, -0.05) is 351 Å². The molecule has 0 fully saturated rings. The predicted molar refractivity (Wildman–Crippen MR) is 432 cm³/mol. The van der Waals surface area contributed by atoms with Crippen molar-refractivity contribution in [2.75, 3.05) is 0 Å². The van der Waals surface area contributed by atoms with Gasteiger partial charge in [0.05, 0.1) is 16.6 Å². The van der Waals surface area contributed by atoms with Gasteiger partial charge in [-0.05, 0) is 178 Å². The molecule has 0 aliphatic rings. The SMILES string of the molecule is [O-]c1ccc(-c2c3ccccc3c(-c3ccccc3)c3ccccc23)c2cccnc12.[O-]c1ccc(-c2ccc(-c3c4ccccc4c(-c4ccccc4)c4ccccc34)cc2)c2cccnc12.[O-]c1ccc(-c2ccc3c(-c4ccccc4)c4ccccc4c(-c4ccccc4)c3c2)c2cccnc12. The Morgan fingerprint density at radius 3 is 0.714 bits per heavy atom. The van der Waals surface area contributed by atoms with Crippen molar-refractivity contribution in [3.8, 4) is 106 Å². The highest BCUT2D eigenvalue weighted by Gasteiger charge is 2.22. The van der Waals surface area contributed by atoms with Gasteiger partial charge in [0.15, 0.2) is 0 Å². The van der Waals surface area contributed by atoms with Gasteiger partial charge in [0, 0.05) is 34.7 Å². The molecule has 0 bridgehead atoms. The largest absolute Gasteiger partial charge is 0.871 e. The van der Waals surface area contributed by atoms with Gasteiger partial charge < -0.3 is 15.3 Å². The zero-order valence-corrected chi connectivity index (χ0v) is 56.9. The summed E-state index contributed by atoms with van der Waals surface area (Å²) in [5.41, 5.74) is 20.0. The van der Waals surface area contributed by atoms with Crippen LogP contribution in [0.15, 0.2) is 377 Å². The van der Waals surface area contributed by atoms with Crippen molar-refractivity contribution >= 4 is 97.3 Å². The number of nitrogens with zero attached hydrogens (tertiary/aromatic N) is 3. The molecule has 3 heterocycles. The Kier molecular flexibility index (Phi) is 16.3. The van der Waals surface area contributed by atoms with Gasteiger partial charge in [-0.15, -0.1) is 0 Å². The molecule has 3 aromatic heterocycles. The van der Waals surface area contributed by atoms with Gasteiger partial charge in [0.2, 0.25) is 0 Å². The van der Waals surface area contributed by atoms with Crippen molar-refractivity contribution in [3.63, 3.8) is 0 Å². The first-order valence-corrected chi connectivity index (χ1v) is 35.2. The highest BCUT2D eigenvalue weighted by atomic mass is 16.3. The summed E-state index contributed by atoms with van der Waals surface area (Å²) in [5.74, 6) is -0.149. The maximum absolute atomic E-state index is 12.5. The van der Waals surface area contributed by atoms with E-state index in [1.807, 2.05) is 60.7 Å². The van der Waals surface area contributed by atoms with E-state index in [1.54, 1.807) is 36.8 Å². The lowest BCUT2D eigenvalue weighted by atomic mass is 9.84. The molecule has 0 N–H and O–H groups in total. The van der Waals surface area contributed by atoms with Crippen molar-refractivity contribution < 1.29 is 15.3 Å². The molecule has 0 saturated carbocycles. The Balaban J connectivity index is 0.000000112. The summed E-state index contributed by atoms with van der Waals surface area (Å²) in [6, 6.07) is 123. The van der Waals surface area contributed by atoms with E-state index in [-0.39, 0.29) is 17.2 Å². The average Bonchev–Trinajstić information content (AvgIpc) is 0.727. The van der Waals surface area contributed by atoms with Gasteiger partial charge in [-0.3, -0.25) is 15.0 Å². The van der Waals surface area contributed by atoms with Crippen molar-refractivity contribution in [2.45, 2.75) is 0 Å². The van der Waals surface area contributed by atoms with Crippen LogP contribution in [0.3, 0.4) is 0 Å². The normalized spacial score (nSPS) is 11.4. The van der Waals surface area contributed by atoms with Crippen LogP contribution >= 0.6 is 0 Å². The molecule has 17 aromatic carbocycles. The molecule has 0 saturated heterocycles. The molecule has 6 heteroatoms. The molecule has 105 heavy (non-hydrogen) atoms. The predicted octanol–water partition coefficient (Wildman–Crippen LogP) is 24.2. The number of rotatable bonds is 8. The van der Waals surface area contributed by atoms with Gasteiger partial charge in [-0.2, -0.15) is 0 Å². The molecule has 0 radical (unpaired) electrons. The zero-order valence-electron chi connectivity index (χ0n) is 56.9. The summed E-state index contributed by atoms with van der Waals surface area (Å²) < 4.78 is 0. The van der Waals surface area contributed by atoms with Crippen LogP contribution in [-0.2, 0) is 0 Å². The first-order valence-electron chi connectivity index (χ1n) is 35.2. The van der Waals surface area contributed by atoms with Gasteiger partial charge >= 0.3 is 0 Å². The van der Waals surface area contributed by atoms with E-state index in [2.05, 4.69) is 294 Å². The first-order chi connectivity index (χ1) is 51.9. The van der Waals surface area contributed by atoms with E-state index >= 15 is 0 Å². The fourth-order valence-corrected chi connectivity index (χ4v) is 15.8. The van der Waals surface area contributed by atoms with E-state index in [0.29, 0.717) is 16.6 Å². The van der Waals surface area contributed by atoms with E-state index in [1.165, 1.54) is 120 Å². The van der Waals surface area contributed by atoms with Crippen LogP contribution in [0.2, 0.25) is 0 Å². The van der Waals surface area contributed by atoms with Crippen LogP contribution in [0.1, 0.15) is 0 Å². The minimum Gasteiger partial charge on any atom is -0.871 e. The Bertz CT molecular complexity index is 6610. The number of pyridine rings is 3. The van der Waals surface area contributed by atoms with E-state index < -0.39 is 0 Å². The van der Waals surface area contributed by atoms with Gasteiger partial charge in [0.25, 0.3) is 0 Å². The fourth-order valence-electron chi connectivity index (χ4n) is 15.8. The topological polar surface area (TPSA) is 108 Å². The molecule has 494 valence electrons. The molecule has 0 atom stereocenters. The summed E-state index contributed by atoms with van der Waals surface area (Å²) in [6.45, 7) is 0. The van der Waals surface area contributed by atoms with Crippen molar-refractivity contribution in [3.05, 3.63) is 377 Å². The molecule has 0 unspecified atom stereocenters. The van der Waals surface area contributed by atoms with Crippen LogP contribution < -0.4 is 15.3 Å². The summed E-state index contributed by atoms with van der Waals surface area (Å²) in [6.07, 6.45) is 5.04. The van der Waals surface area contributed by atoms with Crippen LogP contribution in [0.25, 0.3) is 186 Å². The highest BCUT2D eigenvalue weighted by molar-refractivity contribution is 6.26. The van der Waals surface area contributed by atoms with Crippen LogP contribution in [0, 0.1) is 0 Å². The van der Waals surface area contributed by atoms with Gasteiger partial charge in [-0.25, -0.2) is 0 Å². The Morgan fingerprint density at radius 2 is 0.381 bits per heavy atom. The standard InChI is InChI=1S/2C35H23NO.C29H19NO/c37-32-20-19-26(30-16-9-21-36-35(30)32)25-17-18-29-31(22-25)34(24-12-5-2-6-13-24)28-15-8-7-14-27(28)33(29)23-10-3-1-4-11-23;37-32-21-20-26(31-15-8-22-36-35(31)32)23-16-18-25(19-17-23)34-29-13-6-4-11-27(29)33(24-9-2-1-3-10-24)28-12-5-7-14-30(28)34;31-26-17-16-24(25-15-8-18-30-29(25)26)28-22-13-6-4-11-20(22)27(19-9-2-1-3-10-19)21-12-5-7-14-23(21)28/h2*1-22,37H;1-18,31H/p-3. The molecule has 0 aliphatic heterocycles. The number of aromatic nitrogens is 3. The molecule has 20 rings (SSSR count). The molecule has 0 spiro atoms. The molecule has 20 aromatic rings. The van der Waals surface area contributed by atoms with Crippen LogP contribution in [0.4, 0.5) is 0 Å². The second kappa shape index (κ2) is 27.1. The number of fused-ring (bicyclic) bond motifs is 9. The molecule has 0 aliphatic carbocycles. The minimum atomic E-state index is -0.0533. The van der Waals surface area contributed by atoms with Crippen molar-refractivity contribution in [1.82, 2.24) is 15.0 Å². The highest BCUT2D eigenvalue weighted by Crippen LogP contribution is 2.49. The molecule has 0 amide bonds. The second-order valence-corrected chi connectivity index (χ2v) is 26.3. The summed E-state index contributed by atoms with van der Waals surface area (Å²) in [4.78, 5) is 13.1. The van der Waals surface area contributed by atoms with Gasteiger partial charge in [0.1, 0.15) is 0 Å². The van der Waals surface area contributed by atoms with Crippen molar-refractivity contribution in [2.24, 2.45) is 0 Å². The Hall–Kier alpha value is -14.1. The lowest BCUT2D eigenvalue weighted by molar-refractivity contribution is -0.266. The van der Waals surface area contributed by atoms with E-state index in [0.717, 1.165) is 49.5 Å². The fraction of sp³-hybridized carbons (Fsp3) is 0. The first kappa shape index (κ1) is 63.1. The monoisotopic (exact) mass is 1340 g/mol. The summed E-state index contributed by atoms with van der Waals surface area (Å²) >= 11 is 0. The lowest BCUT2D eigenvalue weighted by Gasteiger charge is -2.20. The Labute approximate surface area is 606 Å². The smallest absolute Gasteiger partial charge is 0.0629 e. The zero-order chi connectivity index (χ0) is 70.3. The number of hydrogen-bond acceptors (Lipinski definition) is 6. The minimum absolute atomic E-state index is 0.0473. The maximum atomic E-state index is 12.5. The maximum Gasteiger partial charge on any atom is 0.0629 e. The molecular weight excluding hydrogens is 1280 g/mol. The summed E-state index contributed by atoms with van der Waals surface area (Å²) in [7, 11) is 0.